The van der Waals surface area contributed by atoms with E-state index in [-0.39, 0.29) is 12.4 Å². The maximum Gasteiger partial charge on any atom is 0.314 e. The van der Waals surface area contributed by atoms with E-state index in [1.165, 1.54) is 0 Å². The second kappa shape index (κ2) is 5.82. The number of hydrogen-bond acceptors (Lipinski definition) is 2. The lowest BCUT2D eigenvalue weighted by atomic mass is 10.1. The van der Waals surface area contributed by atoms with E-state index >= 15 is 0 Å². The Morgan fingerprint density at radius 2 is 2.13 bits per heavy atom. The van der Waals surface area contributed by atoms with Gasteiger partial charge in [-0.25, -0.2) is 6.57 Å². The fraction of sp³-hybridized carbons (Fsp3) is 0.333. The third kappa shape index (κ3) is 3.43. The highest BCUT2D eigenvalue weighted by Gasteiger charge is 2.20. The molecule has 3 nitrogen and oxygen atoms in total. The first-order valence-electron chi connectivity index (χ1n) is 4.85. The molecule has 0 amide bonds. The molecule has 0 spiro atoms. The maximum absolute atomic E-state index is 11.2. The van der Waals surface area contributed by atoms with Gasteiger partial charge < -0.3 is 9.58 Å². The fourth-order valence-corrected chi connectivity index (χ4v) is 1.29. The minimum atomic E-state index is -0.426. The number of ether oxygens (including phenoxy) is 1. The third-order valence-electron chi connectivity index (χ3n) is 2.01. The van der Waals surface area contributed by atoms with Gasteiger partial charge in [-0.1, -0.05) is 30.3 Å². The van der Waals surface area contributed by atoms with Crippen LogP contribution in [0.5, 0.6) is 0 Å². The Morgan fingerprint density at radius 1 is 1.47 bits per heavy atom. The zero-order valence-corrected chi connectivity index (χ0v) is 8.64. The molecule has 0 N–H and O–H groups in total. The Hall–Kier alpha value is -1.82. The number of carbonyl (C=O) groups is 1. The molecule has 3 heteroatoms. The van der Waals surface area contributed by atoms with Gasteiger partial charge in [0, 0.05) is 5.56 Å². The minimum Gasteiger partial charge on any atom is -0.466 e. The molecule has 0 unspecified atom stereocenters. The molecule has 1 aromatic rings. The lowest BCUT2D eigenvalue weighted by Crippen LogP contribution is -2.08. The van der Waals surface area contributed by atoms with Crippen LogP contribution in [0.15, 0.2) is 30.3 Å². The molecule has 0 aliphatic carbocycles. The average Bonchev–Trinajstić information content (AvgIpc) is 2.27. The molecule has 0 saturated heterocycles. The van der Waals surface area contributed by atoms with Crippen LogP contribution in [-0.4, -0.2) is 12.6 Å². The van der Waals surface area contributed by atoms with Crippen molar-refractivity contribution in [2.75, 3.05) is 6.61 Å². The minimum absolute atomic E-state index is 0.126. The van der Waals surface area contributed by atoms with Crippen LogP contribution in [0.25, 0.3) is 4.85 Å². The molecule has 1 atom stereocenters. The van der Waals surface area contributed by atoms with Gasteiger partial charge in [0.1, 0.15) is 6.42 Å². The highest BCUT2D eigenvalue weighted by molar-refractivity contribution is 5.70. The molecule has 0 heterocycles. The molecule has 15 heavy (non-hydrogen) atoms. The molecule has 0 aliphatic rings. The molecule has 0 bridgehead atoms. The zero-order valence-electron chi connectivity index (χ0n) is 8.64. The van der Waals surface area contributed by atoms with Crippen molar-refractivity contribution in [3.05, 3.63) is 47.3 Å². The van der Waals surface area contributed by atoms with Gasteiger partial charge in [-0.3, -0.25) is 4.79 Å². The molecule has 0 aliphatic heterocycles. The van der Waals surface area contributed by atoms with Gasteiger partial charge in [-0.2, -0.15) is 0 Å². The van der Waals surface area contributed by atoms with Crippen LogP contribution in [0.2, 0.25) is 0 Å². The van der Waals surface area contributed by atoms with Gasteiger partial charge in [0.25, 0.3) is 6.04 Å². The van der Waals surface area contributed by atoms with Crippen LogP contribution in [0.1, 0.15) is 24.9 Å². The first-order chi connectivity index (χ1) is 7.27. The van der Waals surface area contributed by atoms with E-state index < -0.39 is 6.04 Å². The Labute approximate surface area is 89.5 Å². The summed E-state index contributed by atoms with van der Waals surface area (Å²) in [6.45, 7) is 9.16. The molecule has 0 aromatic heterocycles. The fourth-order valence-electron chi connectivity index (χ4n) is 1.29. The van der Waals surface area contributed by atoms with Crippen molar-refractivity contribution in [1.29, 1.82) is 0 Å². The lowest BCUT2D eigenvalue weighted by Gasteiger charge is -2.05. The number of nitrogens with zero attached hydrogens (tertiary/aromatic N) is 1. The molecular formula is C12H13NO2. The van der Waals surface area contributed by atoms with E-state index in [1.807, 2.05) is 30.3 Å². The van der Waals surface area contributed by atoms with Crippen molar-refractivity contribution >= 4 is 5.97 Å². The Morgan fingerprint density at radius 3 is 2.67 bits per heavy atom. The maximum atomic E-state index is 11.2. The van der Waals surface area contributed by atoms with E-state index in [4.69, 9.17) is 11.3 Å². The van der Waals surface area contributed by atoms with Gasteiger partial charge >= 0.3 is 5.97 Å². The smallest absolute Gasteiger partial charge is 0.314 e. The van der Waals surface area contributed by atoms with Crippen molar-refractivity contribution in [3.63, 3.8) is 0 Å². The SMILES string of the molecule is [C-]#[N+][C@@H](CC(=O)OCC)c1ccccc1. The Bertz CT molecular complexity index is 354. The van der Waals surface area contributed by atoms with E-state index in [9.17, 15) is 4.79 Å². The molecule has 1 rings (SSSR count). The second-order valence-electron chi connectivity index (χ2n) is 3.06. The van der Waals surface area contributed by atoms with Gasteiger partial charge in [0.15, 0.2) is 0 Å². The topological polar surface area (TPSA) is 30.7 Å². The molecular weight excluding hydrogens is 190 g/mol. The van der Waals surface area contributed by atoms with Crippen molar-refractivity contribution in [2.45, 2.75) is 19.4 Å². The second-order valence-corrected chi connectivity index (χ2v) is 3.06. The van der Waals surface area contributed by atoms with E-state index in [2.05, 4.69) is 4.85 Å². The highest BCUT2D eigenvalue weighted by atomic mass is 16.5. The van der Waals surface area contributed by atoms with Gasteiger partial charge in [-0.05, 0) is 6.92 Å². The molecule has 78 valence electrons. The largest absolute Gasteiger partial charge is 0.466 e. The molecule has 0 saturated carbocycles. The first-order valence-corrected chi connectivity index (χ1v) is 4.85. The molecule has 0 fully saturated rings. The number of hydrogen-bond donors (Lipinski definition) is 0. The standard InChI is InChI=1S/C12H13NO2/c1-3-15-12(14)9-11(13-2)10-7-5-4-6-8-10/h4-8,11H,3,9H2,1H3/t11-/m0/s1. The van der Waals surface area contributed by atoms with Crippen LogP contribution in [-0.2, 0) is 9.53 Å². The van der Waals surface area contributed by atoms with Crippen molar-refractivity contribution in [1.82, 2.24) is 0 Å². The Balaban J connectivity index is 2.66. The monoisotopic (exact) mass is 203 g/mol. The quantitative estimate of drug-likeness (QED) is 0.556. The van der Waals surface area contributed by atoms with Crippen LogP contribution in [0.4, 0.5) is 0 Å². The van der Waals surface area contributed by atoms with Crippen molar-refractivity contribution < 1.29 is 9.53 Å². The summed E-state index contributed by atoms with van der Waals surface area (Å²) in [5.41, 5.74) is 0.862. The van der Waals surface area contributed by atoms with Gasteiger partial charge in [-0.15, -0.1) is 0 Å². The predicted molar refractivity (Wildman–Crippen MR) is 57.0 cm³/mol. The first kappa shape index (κ1) is 11.3. The zero-order chi connectivity index (χ0) is 11.1. The van der Waals surface area contributed by atoms with E-state index in [0.29, 0.717) is 6.61 Å². The Kier molecular flexibility index (Phi) is 4.36. The van der Waals surface area contributed by atoms with Crippen molar-refractivity contribution in [3.8, 4) is 0 Å². The summed E-state index contributed by atoms with van der Waals surface area (Å²) in [5, 5.41) is 0. The summed E-state index contributed by atoms with van der Waals surface area (Å²) >= 11 is 0. The number of rotatable bonds is 4. The number of benzene rings is 1. The summed E-state index contributed by atoms with van der Waals surface area (Å²) in [6.07, 6.45) is 0.126. The number of esters is 1. The van der Waals surface area contributed by atoms with E-state index in [1.54, 1.807) is 6.92 Å². The van der Waals surface area contributed by atoms with E-state index in [0.717, 1.165) is 5.56 Å². The third-order valence-corrected chi connectivity index (χ3v) is 2.01. The summed E-state index contributed by atoms with van der Waals surface area (Å²) in [6, 6.07) is 8.88. The lowest BCUT2D eigenvalue weighted by molar-refractivity contribution is -0.143. The normalized spacial score (nSPS) is 11.5. The number of carbonyl (C=O) groups excluding carboxylic acids is 1. The highest BCUT2D eigenvalue weighted by Crippen LogP contribution is 2.21. The van der Waals surface area contributed by atoms with Crippen LogP contribution in [0.3, 0.4) is 0 Å². The van der Waals surface area contributed by atoms with Crippen LogP contribution >= 0.6 is 0 Å². The van der Waals surface area contributed by atoms with Crippen LogP contribution < -0.4 is 0 Å². The summed E-state index contributed by atoms with van der Waals surface area (Å²) < 4.78 is 4.81. The van der Waals surface area contributed by atoms with Crippen molar-refractivity contribution in [2.24, 2.45) is 0 Å². The van der Waals surface area contributed by atoms with Gasteiger partial charge in [0.05, 0.1) is 6.61 Å². The summed E-state index contributed by atoms with van der Waals surface area (Å²) in [5.74, 6) is -0.317. The predicted octanol–water partition coefficient (Wildman–Crippen LogP) is 2.60. The molecule has 1 aromatic carbocycles. The van der Waals surface area contributed by atoms with Crippen LogP contribution in [0, 0.1) is 6.57 Å². The molecule has 0 radical (unpaired) electrons. The average molecular weight is 203 g/mol. The summed E-state index contributed by atoms with van der Waals surface area (Å²) in [7, 11) is 0. The van der Waals surface area contributed by atoms with Gasteiger partial charge in [0.2, 0.25) is 0 Å². The summed E-state index contributed by atoms with van der Waals surface area (Å²) in [4.78, 5) is 14.6.